The minimum atomic E-state index is -3.07. The van der Waals surface area contributed by atoms with Gasteiger partial charge in [0.1, 0.15) is 5.54 Å². The van der Waals surface area contributed by atoms with Crippen molar-refractivity contribution in [1.29, 1.82) is 5.26 Å². The minimum Gasteiger partial charge on any atom is -0.338 e. The second-order valence-corrected chi connectivity index (χ2v) is 3.90. The summed E-state index contributed by atoms with van der Waals surface area (Å²) in [4.78, 5) is 11.2. The van der Waals surface area contributed by atoms with Gasteiger partial charge in [-0.3, -0.25) is 4.79 Å². The molecule has 1 N–H and O–H groups in total. The number of carbonyl (C=O) groups is 1. The van der Waals surface area contributed by atoms with Gasteiger partial charge in [-0.2, -0.15) is 5.26 Å². The number of halogens is 2. The van der Waals surface area contributed by atoms with Gasteiger partial charge < -0.3 is 5.32 Å². The highest BCUT2D eigenvalue weighted by Gasteiger charge is 2.37. The van der Waals surface area contributed by atoms with Crippen molar-refractivity contribution >= 4 is 5.91 Å². The molecule has 0 aliphatic carbocycles. The summed E-state index contributed by atoms with van der Waals surface area (Å²) >= 11 is 0. The van der Waals surface area contributed by atoms with E-state index in [4.69, 9.17) is 5.26 Å². The zero-order valence-corrected chi connectivity index (χ0v) is 8.69. The predicted molar refractivity (Wildman–Crippen MR) is 47.6 cm³/mol. The molecule has 0 bridgehead atoms. The van der Waals surface area contributed by atoms with E-state index in [1.165, 1.54) is 13.8 Å². The molecule has 1 amide bonds. The van der Waals surface area contributed by atoms with Crippen molar-refractivity contribution < 1.29 is 13.6 Å². The third-order valence-corrected chi connectivity index (χ3v) is 1.87. The molecule has 0 aliphatic heterocycles. The van der Waals surface area contributed by atoms with Crippen molar-refractivity contribution in [2.45, 2.75) is 39.2 Å². The Morgan fingerprint density at radius 1 is 1.43 bits per heavy atom. The zero-order chi connectivity index (χ0) is 11.6. The Kier molecular flexibility index (Phi) is 3.58. The second kappa shape index (κ2) is 3.91. The Morgan fingerprint density at radius 3 is 2.14 bits per heavy atom. The summed E-state index contributed by atoms with van der Waals surface area (Å²) < 4.78 is 25.4. The summed E-state index contributed by atoms with van der Waals surface area (Å²) in [6, 6.07) is 1.80. The summed E-state index contributed by atoms with van der Waals surface area (Å²) in [7, 11) is 0. The monoisotopic (exact) mass is 204 g/mol. The molecule has 1 unspecified atom stereocenters. The van der Waals surface area contributed by atoms with Crippen LogP contribution >= 0.6 is 0 Å². The molecule has 0 rings (SSSR count). The fourth-order valence-electron chi connectivity index (χ4n) is 0.674. The molecule has 0 aromatic heterocycles. The van der Waals surface area contributed by atoms with Gasteiger partial charge in [-0.25, -0.2) is 8.78 Å². The van der Waals surface area contributed by atoms with Crippen molar-refractivity contribution in [3.63, 3.8) is 0 Å². The first-order valence-corrected chi connectivity index (χ1v) is 4.21. The van der Waals surface area contributed by atoms with Crippen molar-refractivity contribution in [3.05, 3.63) is 0 Å². The number of hydrogen-bond donors (Lipinski definition) is 1. The molecule has 0 heterocycles. The smallest absolute Gasteiger partial charge is 0.256 e. The van der Waals surface area contributed by atoms with Crippen LogP contribution in [0.25, 0.3) is 0 Å². The first-order chi connectivity index (χ1) is 6.10. The molecule has 5 heteroatoms. The lowest BCUT2D eigenvalue weighted by atomic mass is 10.0. The zero-order valence-electron chi connectivity index (χ0n) is 8.69. The topological polar surface area (TPSA) is 52.9 Å². The molecule has 1 atom stereocenters. The number of nitrogens with one attached hydrogen (secondary N) is 1. The average molecular weight is 204 g/mol. The number of nitriles is 1. The highest BCUT2D eigenvalue weighted by Crippen LogP contribution is 2.23. The normalized spacial score (nSPS) is 14.4. The van der Waals surface area contributed by atoms with Crippen LogP contribution in [0.4, 0.5) is 8.78 Å². The molecule has 80 valence electrons. The summed E-state index contributed by atoms with van der Waals surface area (Å²) in [6.45, 7) is 4.70. The van der Waals surface area contributed by atoms with Gasteiger partial charge in [0.15, 0.2) is 0 Å². The lowest BCUT2D eigenvalue weighted by molar-refractivity contribution is -0.137. The first kappa shape index (κ1) is 12.8. The number of rotatable bonds is 3. The van der Waals surface area contributed by atoms with Crippen LogP contribution in [0.1, 0.15) is 27.7 Å². The molecular formula is C9H14F2N2O. The molecule has 0 saturated carbocycles. The van der Waals surface area contributed by atoms with E-state index in [0.29, 0.717) is 6.92 Å². The van der Waals surface area contributed by atoms with Gasteiger partial charge >= 0.3 is 0 Å². The fourth-order valence-corrected chi connectivity index (χ4v) is 0.674. The molecule has 3 nitrogen and oxygen atoms in total. The van der Waals surface area contributed by atoms with Crippen LogP contribution in [0.3, 0.4) is 0 Å². The lowest BCUT2D eigenvalue weighted by Crippen LogP contribution is -2.47. The van der Waals surface area contributed by atoms with E-state index in [1.807, 2.05) is 0 Å². The molecule has 14 heavy (non-hydrogen) atoms. The molecule has 0 radical (unpaired) electrons. The summed E-state index contributed by atoms with van der Waals surface area (Å²) in [5, 5.41) is 10.8. The SMILES string of the molecule is CC(C(=O)NC(C)(C)C#N)C(C)(F)F. The standard InChI is InChI=1S/C9H14F2N2O/c1-6(9(4,10)11)7(14)13-8(2,3)5-12/h6H,1-4H3,(H,13,14). The van der Waals surface area contributed by atoms with Gasteiger partial charge in [0.2, 0.25) is 5.91 Å². The van der Waals surface area contributed by atoms with Gasteiger partial charge in [0.25, 0.3) is 5.92 Å². The summed E-state index contributed by atoms with van der Waals surface area (Å²) in [6.07, 6.45) is 0. The summed E-state index contributed by atoms with van der Waals surface area (Å²) in [5.41, 5.74) is -1.11. The third kappa shape index (κ3) is 3.69. The van der Waals surface area contributed by atoms with E-state index in [1.54, 1.807) is 6.07 Å². The van der Waals surface area contributed by atoms with Crippen LogP contribution in [0.15, 0.2) is 0 Å². The van der Waals surface area contributed by atoms with Gasteiger partial charge in [-0.1, -0.05) is 0 Å². The molecular weight excluding hydrogens is 190 g/mol. The number of nitrogens with zero attached hydrogens (tertiary/aromatic N) is 1. The van der Waals surface area contributed by atoms with Gasteiger partial charge in [0, 0.05) is 6.92 Å². The van der Waals surface area contributed by atoms with E-state index in [-0.39, 0.29) is 0 Å². The second-order valence-electron chi connectivity index (χ2n) is 3.90. The van der Waals surface area contributed by atoms with E-state index in [9.17, 15) is 13.6 Å². The largest absolute Gasteiger partial charge is 0.338 e. The van der Waals surface area contributed by atoms with Crippen LogP contribution in [-0.2, 0) is 4.79 Å². The van der Waals surface area contributed by atoms with Crippen molar-refractivity contribution in [2.75, 3.05) is 0 Å². The number of alkyl halides is 2. The van der Waals surface area contributed by atoms with Crippen LogP contribution < -0.4 is 5.32 Å². The van der Waals surface area contributed by atoms with E-state index in [0.717, 1.165) is 6.92 Å². The maximum Gasteiger partial charge on any atom is 0.256 e. The van der Waals surface area contributed by atoms with Crippen molar-refractivity contribution in [2.24, 2.45) is 5.92 Å². The minimum absolute atomic E-state index is 0.677. The van der Waals surface area contributed by atoms with E-state index < -0.39 is 23.3 Å². The fraction of sp³-hybridized carbons (Fsp3) is 0.778. The van der Waals surface area contributed by atoms with Gasteiger partial charge in [0.05, 0.1) is 12.0 Å². The molecule has 0 saturated heterocycles. The van der Waals surface area contributed by atoms with E-state index >= 15 is 0 Å². The Hall–Kier alpha value is -1.18. The molecule has 0 aromatic carbocycles. The van der Waals surface area contributed by atoms with Crippen LogP contribution in [0.2, 0.25) is 0 Å². The number of hydrogen-bond acceptors (Lipinski definition) is 2. The van der Waals surface area contributed by atoms with E-state index in [2.05, 4.69) is 5.32 Å². The number of carbonyl (C=O) groups excluding carboxylic acids is 1. The molecule has 0 aromatic rings. The summed E-state index contributed by atoms with van der Waals surface area (Å²) in [5.74, 6) is -5.32. The average Bonchev–Trinajstić information content (AvgIpc) is 2.00. The van der Waals surface area contributed by atoms with Crippen LogP contribution in [-0.4, -0.2) is 17.4 Å². The highest BCUT2D eigenvalue weighted by atomic mass is 19.3. The Morgan fingerprint density at radius 2 is 1.86 bits per heavy atom. The third-order valence-electron chi connectivity index (χ3n) is 1.87. The van der Waals surface area contributed by atoms with Crippen molar-refractivity contribution in [3.8, 4) is 6.07 Å². The predicted octanol–water partition coefficient (Wildman–Crippen LogP) is 1.70. The van der Waals surface area contributed by atoms with Crippen LogP contribution in [0, 0.1) is 17.2 Å². The highest BCUT2D eigenvalue weighted by molar-refractivity contribution is 5.80. The van der Waals surface area contributed by atoms with Gasteiger partial charge in [-0.05, 0) is 20.8 Å². The first-order valence-electron chi connectivity index (χ1n) is 4.21. The molecule has 0 spiro atoms. The molecule has 0 aliphatic rings. The quantitative estimate of drug-likeness (QED) is 0.760. The lowest BCUT2D eigenvalue weighted by Gasteiger charge is -2.23. The maximum atomic E-state index is 12.7. The van der Waals surface area contributed by atoms with Gasteiger partial charge in [-0.15, -0.1) is 0 Å². The Labute approximate surface area is 82.1 Å². The number of amides is 1. The molecule has 0 fully saturated rings. The van der Waals surface area contributed by atoms with Crippen LogP contribution in [0.5, 0.6) is 0 Å². The Balaban J connectivity index is 4.47. The maximum absolute atomic E-state index is 12.7. The van der Waals surface area contributed by atoms with Crippen molar-refractivity contribution in [1.82, 2.24) is 5.32 Å². The Bertz CT molecular complexity index is 263.